The van der Waals surface area contributed by atoms with Crippen LogP contribution in [-0.4, -0.2) is 39.4 Å². The van der Waals surface area contributed by atoms with Gasteiger partial charge < -0.3 is 19.2 Å². The summed E-state index contributed by atoms with van der Waals surface area (Å²) in [5, 5.41) is 6.35. The van der Waals surface area contributed by atoms with Crippen molar-refractivity contribution in [1.82, 2.24) is 10.1 Å². The van der Waals surface area contributed by atoms with Crippen molar-refractivity contribution in [2.75, 3.05) is 16.8 Å². The number of aromatic nitrogens is 1. The van der Waals surface area contributed by atoms with Crippen molar-refractivity contribution >= 4 is 29.4 Å². The van der Waals surface area contributed by atoms with Crippen LogP contribution in [-0.2, 0) is 9.59 Å². The second kappa shape index (κ2) is 7.77. The summed E-state index contributed by atoms with van der Waals surface area (Å²) < 4.78 is 10.3. The highest BCUT2D eigenvalue weighted by molar-refractivity contribution is 8.00. The van der Waals surface area contributed by atoms with Crippen molar-refractivity contribution in [1.29, 1.82) is 0 Å². The van der Waals surface area contributed by atoms with E-state index in [-0.39, 0.29) is 35.4 Å². The second-order valence-corrected chi connectivity index (χ2v) is 7.07. The van der Waals surface area contributed by atoms with Crippen molar-refractivity contribution in [3.8, 4) is 0 Å². The second-order valence-electron chi connectivity index (χ2n) is 6.09. The molecule has 0 aromatic carbocycles. The van der Waals surface area contributed by atoms with E-state index in [0.29, 0.717) is 11.6 Å². The van der Waals surface area contributed by atoms with Gasteiger partial charge in [0.25, 0.3) is 0 Å². The van der Waals surface area contributed by atoms with Gasteiger partial charge in [-0.15, -0.1) is 11.8 Å². The van der Waals surface area contributed by atoms with Crippen LogP contribution in [0.25, 0.3) is 0 Å². The molecular formula is C17H21N3O4S. The maximum Gasteiger partial charge on any atom is 0.235 e. The molecule has 0 spiro atoms. The molecule has 8 heteroatoms. The molecule has 1 aliphatic carbocycles. The lowest BCUT2D eigenvalue weighted by molar-refractivity contribution is -0.131. The first kappa shape index (κ1) is 17.6. The van der Waals surface area contributed by atoms with Crippen LogP contribution in [0.2, 0.25) is 0 Å². The van der Waals surface area contributed by atoms with E-state index in [1.165, 1.54) is 11.8 Å². The lowest BCUT2D eigenvalue weighted by atomic mass is 10.2. The fourth-order valence-corrected chi connectivity index (χ4v) is 3.35. The number of carbonyl (C=O) groups is 2. The van der Waals surface area contributed by atoms with Crippen LogP contribution in [0.3, 0.4) is 0 Å². The van der Waals surface area contributed by atoms with Gasteiger partial charge in [0.15, 0.2) is 5.82 Å². The minimum Gasteiger partial charge on any atom is -0.467 e. The highest BCUT2D eigenvalue weighted by atomic mass is 32.2. The third-order valence-electron chi connectivity index (χ3n) is 3.95. The summed E-state index contributed by atoms with van der Waals surface area (Å²) in [5.74, 6) is 2.07. The zero-order valence-electron chi connectivity index (χ0n) is 14.2. The molecular weight excluding hydrogens is 342 g/mol. The van der Waals surface area contributed by atoms with Crippen LogP contribution in [0.5, 0.6) is 0 Å². The first-order valence-corrected chi connectivity index (χ1v) is 9.35. The Bertz CT molecular complexity index is 724. The van der Waals surface area contributed by atoms with Crippen molar-refractivity contribution < 1.29 is 18.5 Å². The van der Waals surface area contributed by atoms with E-state index in [9.17, 15) is 9.59 Å². The molecule has 0 unspecified atom stereocenters. The van der Waals surface area contributed by atoms with Crippen molar-refractivity contribution in [2.45, 2.75) is 38.8 Å². The van der Waals surface area contributed by atoms with Crippen LogP contribution in [0.4, 0.5) is 5.82 Å². The van der Waals surface area contributed by atoms with E-state index in [0.717, 1.165) is 18.6 Å². The highest BCUT2D eigenvalue weighted by Crippen LogP contribution is 2.35. The molecule has 1 N–H and O–H groups in total. The van der Waals surface area contributed by atoms with Crippen LogP contribution in [0.15, 0.2) is 33.4 Å². The van der Waals surface area contributed by atoms with Crippen molar-refractivity contribution in [3.63, 3.8) is 0 Å². The Labute approximate surface area is 150 Å². The molecule has 0 aliphatic heterocycles. The topological polar surface area (TPSA) is 88.6 Å². The fraction of sp³-hybridized carbons (Fsp3) is 0.471. The smallest absolute Gasteiger partial charge is 0.235 e. The Hall–Kier alpha value is -2.22. The molecule has 2 aromatic heterocycles. The summed E-state index contributed by atoms with van der Waals surface area (Å²) >= 11 is 1.29. The quantitative estimate of drug-likeness (QED) is 0.776. The van der Waals surface area contributed by atoms with Gasteiger partial charge >= 0.3 is 0 Å². The Balaban J connectivity index is 1.48. The minimum atomic E-state index is -0.205. The lowest BCUT2D eigenvalue weighted by Gasteiger charge is -2.28. The largest absolute Gasteiger partial charge is 0.467 e. The van der Waals surface area contributed by atoms with Gasteiger partial charge in [-0.2, -0.15) is 0 Å². The number of carbonyl (C=O) groups excluding carboxylic acids is 2. The summed E-state index contributed by atoms with van der Waals surface area (Å²) in [6.45, 7) is 3.72. The first-order chi connectivity index (χ1) is 12.0. The monoisotopic (exact) mass is 363 g/mol. The average Bonchev–Trinajstić information content (AvgIpc) is 3.08. The maximum absolute atomic E-state index is 12.6. The Morgan fingerprint density at radius 2 is 2.24 bits per heavy atom. The van der Waals surface area contributed by atoms with Gasteiger partial charge in [0, 0.05) is 12.1 Å². The number of hydrogen-bond acceptors (Lipinski definition) is 6. The number of amides is 2. The Kier molecular flexibility index (Phi) is 5.47. The average molecular weight is 363 g/mol. The number of thioether (sulfide) groups is 1. The molecule has 0 saturated heterocycles. The molecule has 7 nitrogen and oxygen atoms in total. The zero-order valence-corrected chi connectivity index (χ0v) is 15.0. The molecule has 1 atom stereocenters. The number of furan rings is 1. The van der Waals surface area contributed by atoms with Gasteiger partial charge in [-0.25, -0.2) is 0 Å². The molecule has 1 saturated carbocycles. The zero-order chi connectivity index (χ0) is 17.8. The molecule has 25 heavy (non-hydrogen) atoms. The summed E-state index contributed by atoms with van der Waals surface area (Å²) in [5.41, 5.74) is 0. The van der Waals surface area contributed by atoms with E-state index in [1.54, 1.807) is 19.3 Å². The molecule has 1 fully saturated rings. The van der Waals surface area contributed by atoms with Gasteiger partial charge in [-0.3, -0.25) is 9.59 Å². The van der Waals surface area contributed by atoms with E-state index < -0.39 is 0 Å². The molecule has 0 radical (unpaired) electrons. The van der Waals surface area contributed by atoms with Crippen LogP contribution < -0.4 is 5.32 Å². The van der Waals surface area contributed by atoms with Crippen LogP contribution >= 0.6 is 11.8 Å². The lowest BCUT2D eigenvalue weighted by Crippen LogP contribution is -2.36. The van der Waals surface area contributed by atoms with Gasteiger partial charge in [-0.1, -0.05) is 5.16 Å². The fourth-order valence-electron chi connectivity index (χ4n) is 2.66. The standard InChI is InChI=1S/C17H21N3O4S/c1-11-8-15(19-24-11)18-16(21)9-25-10-17(22)20(13-5-6-13)12(2)14-4-3-7-23-14/h3-4,7-8,12-13H,5-6,9-10H2,1-2H3,(H,18,19,21)/t12-/m1/s1. The third-order valence-corrected chi connectivity index (χ3v) is 4.87. The minimum absolute atomic E-state index is 0.0291. The van der Waals surface area contributed by atoms with E-state index in [4.69, 9.17) is 8.94 Å². The number of nitrogens with one attached hydrogen (secondary N) is 1. The van der Waals surface area contributed by atoms with Crippen molar-refractivity contribution in [3.05, 3.63) is 36.0 Å². The van der Waals surface area contributed by atoms with Gasteiger partial charge in [0.05, 0.1) is 23.8 Å². The van der Waals surface area contributed by atoms with Crippen LogP contribution in [0, 0.1) is 6.92 Å². The molecule has 1 aliphatic rings. The number of aryl methyl sites for hydroxylation is 1. The molecule has 2 amide bonds. The Morgan fingerprint density at radius 1 is 1.44 bits per heavy atom. The predicted molar refractivity (Wildman–Crippen MR) is 94.2 cm³/mol. The van der Waals surface area contributed by atoms with Crippen molar-refractivity contribution in [2.24, 2.45) is 0 Å². The molecule has 2 heterocycles. The summed E-state index contributed by atoms with van der Waals surface area (Å²) in [6.07, 6.45) is 3.66. The van der Waals surface area contributed by atoms with Crippen LogP contribution in [0.1, 0.15) is 37.3 Å². The molecule has 3 rings (SSSR count). The third kappa shape index (κ3) is 4.66. The predicted octanol–water partition coefficient (Wildman–Crippen LogP) is 3.00. The number of hydrogen-bond donors (Lipinski definition) is 1. The van der Waals surface area contributed by atoms with Gasteiger partial charge in [0.2, 0.25) is 11.8 Å². The number of rotatable bonds is 8. The summed E-state index contributed by atoms with van der Waals surface area (Å²) in [7, 11) is 0. The number of nitrogens with zero attached hydrogens (tertiary/aromatic N) is 2. The highest BCUT2D eigenvalue weighted by Gasteiger charge is 2.36. The Morgan fingerprint density at radius 3 is 2.84 bits per heavy atom. The SMILES string of the molecule is Cc1cc(NC(=O)CSCC(=O)N(C2CC2)[C@H](C)c2ccco2)no1. The first-order valence-electron chi connectivity index (χ1n) is 8.20. The van der Waals surface area contributed by atoms with Gasteiger partial charge in [-0.05, 0) is 38.8 Å². The normalized spacial score (nSPS) is 15.0. The van der Waals surface area contributed by atoms with E-state index in [1.807, 2.05) is 24.0 Å². The maximum atomic E-state index is 12.6. The van der Waals surface area contributed by atoms with E-state index in [2.05, 4.69) is 10.5 Å². The number of anilines is 1. The summed E-state index contributed by atoms with van der Waals surface area (Å²) in [6, 6.07) is 5.54. The van der Waals surface area contributed by atoms with Gasteiger partial charge in [0.1, 0.15) is 11.5 Å². The molecule has 0 bridgehead atoms. The van der Waals surface area contributed by atoms with E-state index >= 15 is 0 Å². The summed E-state index contributed by atoms with van der Waals surface area (Å²) in [4.78, 5) is 26.4. The molecule has 2 aromatic rings. The molecule has 134 valence electrons.